The van der Waals surface area contributed by atoms with Crippen molar-refractivity contribution < 1.29 is 19.5 Å². The lowest BCUT2D eigenvalue weighted by Gasteiger charge is -2.24. The lowest BCUT2D eigenvalue weighted by atomic mass is 10.0. The second kappa shape index (κ2) is 6.63. The zero-order valence-electron chi connectivity index (χ0n) is 9.07. The Balaban J connectivity index is 4.61. The van der Waals surface area contributed by atoms with Crippen LogP contribution < -0.4 is 0 Å². The summed E-state index contributed by atoms with van der Waals surface area (Å²) >= 11 is 5.27. The van der Waals surface area contributed by atoms with Crippen LogP contribution in [-0.4, -0.2) is 41.2 Å². The van der Waals surface area contributed by atoms with Crippen LogP contribution in [0.5, 0.6) is 0 Å². The van der Waals surface area contributed by atoms with E-state index in [2.05, 4.69) is 4.74 Å². The molecule has 0 aromatic rings. The molecule has 0 radical (unpaired) electrons. The molecule has 0 aromatic heterocycles. The molecule has 0 aliphatic carbocycles. The van der Waals surface area contributed by atoms with Crippen LogP contribution in [0, 0.1) is 5.92 Å². The minimum atomic E-state index is -0.985. The first-order valence-corrected chi connectivity index (χ1v) is 5.12. The highest BCUT2D eigenvalue weighted by Gasteiger charge is 2.29. The molecule has 0 heterocycles. The number of halogens is 1. The Morgan fingerprint density at radius 2 is 2.00 bits per heavy atom. The van der Waals surface area contributed by atoms with Gasteiger partial charge in [0, 0.05) is 0 Å². The Morgan fingerprint density at radius 3 is 2.33 bits per heavy atom. The molecule has 0 fully saturated rings. The monoisotopic (exact) mass is 237 g/mol. The van der Waals surface area contributed by atoms with Crippen LogP contribution in [-0.2, 0) is 14.3 Å². The molecule has 1 N–H and O–H groups in total. The number of carbonyl (C=O) groups is 2. The van der Waals surface area contributed by atoms with Crippen molar-refractivity contribution in [3.63, 3.8) is 0 Å². The van der Waals surface area contributed by atoms with Crippen molar-refractivity contribution in [1.29, 1.82) is 0 Å². The maximum Gasteiger partial charge on any atom is 0.331 e. The van der Waals surface area contributed by atoms with Gasteiger partial charge in [-0.25, -0.2) is 9.86 Å². The number of hydrogen-bond donors (Lipinski definition) is 1. The Hall–Kier alpha value is -0.810. The van der Waals surface area contributed by atoms with Crippen molar-refractivity contribution in [3.05, 3.63) is 0 Å². The molecule has 0 saturated heterocycles. The second-order valence-corrected chi connectivity index (χ2v) is 3.81. The van der Waals surface area contributed by atoms with Gasteiger partial charge in [-0.2, -0.15) is 0 Å². The maximum atomic E-state index is 11.3. The number of hydrogen-bond acceptors (Lipinski definition) is 4. The van der Waals surface area contributed by atoms with Gasteiger partial charge < -0.3 is 4.74 Å². The molecule has 6 heteroatoms. The number of amides is 1. The molecule has 1 amide bonds. The number of methoxy groups -OCH3 is 1. The summed E-state index contributed by atoms with van der Waals surface area (Å²) in [6, 6.07) is -0.985. The predicted octanol–water partition coefficient (Wildman–Crippen LogP) is 1.03. The van der Waals surface area contributed by atoms with E-state index in [-0.39, 0.29) is 11.8 Å². The van der Waals surface area contributed by atoms with E-state index in [1.165, 1.54) is 7.11 Å². The molecule has 0 saturated carbocycles. The third kappa shape index (κ3) is 4.48. The lowest BCUT2D eigenvalue weighted by Crippen LogP contribution is -2.44. The molecule has 15 heavy (non-hydrogen) atoms. The maximum absolute atomic E-state index is 11.3. The number of esters is 1. The highest BCUT2D eigenvalue weighted by Crippen LogP contribution is 2.12. The van der Waals surface area contributed by atoms with Crippen LogP contribution in [0.2, 0.25) is 0 Å². The summed E-state index contributed by atoms with van der Waals surface area (Å²) < 4.78 is 4.49. The van der Waals surface area contributed by atoms with Gasteiger partial charge in [-0.3, -0.25) is 10.0 Å². The molecule has 0 bridgehead atoms. The largest absolute Gasteiger partial charge is 0.467 e. The normalized spacial score (nSPS) is 12.4. The summed E-state index contributed by atoms with van der Waals surface area (Å²) in [4.78, 5) is 22.4. The molecular formula is C9H16ClNO4. The zero-order valence-corrected chi connectivity index (χ0v) is 9.82. The third-order valence-electron chi connectivity index (χ3n) is 1.83. The van der Waals surface area contributed by atoms with E-state index in [0.717, 1.165) is 0 Å². The van der Waals surface area contributed by atoms with Crippen molar-refractivity contribution in [2.24, 2.45) is 5.92 Å². The first-order valence-electron chi connectivity index (χ1n) is 4.58. The minimum Gasteiger partial charge on any atom is -0.467 e. The fourth-order valence-corrected chi connectivity index (χ4v) is 1.24. The van der Waals surface area contributed by atoms with Crippen LogP contribution >= 0.6 is 11.6 Å². The van der Waals surface area contributed by atoms with Gasteiger partial charge in [0.05, 0.1) is 7.11 Å². The van der Waals surface area contributed by atoms with Gasteiger partial charge in [0.2, 0.25) is 0 Å². The zero-order chi connectivity index (χ0) is 12.0. The van der Waals surface area contributed by atoms with Gasteiger partial charge in [0.15, 0.2) is 6.04 Å². The predicted molar refractivity (Wildman–Crippen MR) is 54.6 cm³/mol. The van der Waals surface area contributed by atoms with Crippen LogP contribution in [0.1, 0.15) is 20.3 Å². The van der Waals surface area contributed by atoms with Crippen molar-refractivity contribution >= 4 is 23.5 Å². The quantitative estimate of drug-likeness (QED) is 0.336. The van der Waals surface area contributed by atoms with Crippen LogP contribution in [0.15, 0.2) is 0 Å². The molecule has 0 spiro atoms. The summed E-state index contributed by atoms with van der Waals surface area (Å²) in [6.07, 6.45) is 0.325. The topological polar surface area (TPSA) is 66.8 Å². The first kappa shape index (κ1) is 14.2. The summed E-state index contributed by atoms with van der Waals surface area (Å²) in [5.41, 5.74) is 0. The highest BCUT2D eigenvalue weighted by molar-refractivity contribution is 6.27. The molecule has 0 aromatic carbocycles. The summed E-state index contributed by atoms with van der Waals surface area (Å²) in [6.45, 7) is 3.74. The van der Waals surface area contributed by atoms with Gasteiger partial charge >= 0.3 is 5.97 Å². The Labute approximate surface area is 93.9 Å². The van der Waals surface area contributed by atoms with Gasteiger partial charge in [0.25, 0.3) is 5.91 Å². The number of nitrogens with zero attached hydrogens (tertiary/aromatic N) is 1. The van der Waals surface area contributed by atoms with E-state index in [1.807, 2.05) is 13.8 Å². The fourth-order valence-electron chi connectivity index (χ4n) is 1.11. The molecule has 0 rings (SSSR count). The standard InChI is InChI=1S/C9H16ClNO4/c1-6(2)4-7(9(13)15-3)11(14)8(12)5-10/h6-7,14H,4-5H2,1-3H3/t7-/m1/s1. The van der Waals surface area contributed by atoms with Gasteiger partial charge in [0.1, 0.15) is 5.88 Å². The average molecular weight is 238 g/mol. The molecule has 0 unspecified atom stereocenters. The van der Waals surface area contributed by atoms with Crippen LogP contribution in [0.4, 0.5) is 0 Å². The van der Waals surface area contributed by atoms with Gasteiger partial charge in [-0.15, -0.1) is 11.6 Å². The van der Waals surface area contributed by atoms with E-state index < -0.39 is 17.9 Å². The van der Waals surface area contributed by atoms with E-state index >= 15 is 0 Å². The lowest BCUT2D eigenvalue weighted by molar-refractivity contribution is -0.186. The molecule has 1 atom stereocenters. The van der Waals surface area contributed by atoms with E-state index in [1.54, 1.807) is 0 Å². The average Bonchev–Trinajstić information content (AvgIpc) is 2.22. The van der Waals surface area contributed by atoms with Crippen molar-refractivity contribution in [1.82, 2.24) is 5.06 Å². The van der Waals surface area contributed by atoms with Crippen molar-refractivity contribution in [3.8, 4) is 0 Å². The van der Waals surface area contributed by atoms with Crippen molar-refractivity contribution in [2.75, 3.05) is 13.0 Å². The Bertz CT molecular complexity index is 232. The van der Waals surface area contributed by atoms with Crippen LogP contribution in [0.25, 0.3) is 0 Å². The number of hydroxylamine groups is 2. The summed E-state index contributed by atoms with van der Waals surface area (Å²) in [7, 11) is 1.20. The number of ether oxygens (including phenoxy) is 1. The second-order valence-electron chi connectivity index (χ2n) is 3.54. The van der Waals surface area contributed by atoms with Gasteiger partial charge in [-0.1, -0.05) is 13.8 Å². The smallest absolute Gasteiger partial charge is 0.331 e. The number of carbonyl (C=O) groups excluding carboxylic acids is 2. The first-order chi connectivity index (χ1) is 6.93. The molecule has 0 aliphatic rings. The summed E-state index contributed by atoms with van der Waals surface area (Å²) in [5, 5.41) is 9.77. The highest BCUT2D eigenvalue weighted by atomic mass is 35.5. The molecular weight excluding hydrogens is 222 g/mol. The van der Waals surface area contributed by atoms with E-state index in [9.17, 15) is 14.8 Å². The molecule has 0 aliphatic heterocycles. The van der Waals surface area contributed by atoms with Crippen LogP contribution in [0.3, 0.4) is 0 Å². The Morgan fingerprint density at radius 1 is 1.47 bits per heavy atom. The SMILES string of the molecule is COC(=O)[C@@H](CC(C)C)N(O)C(=O)CCl. The summed E-state index contributed by atoms with van der Waals surface area (Å²) in [5.74, 6) is -1.59. The fraction of sp³-hybridized carbons (Fsp3) is 0.778. The van der Waals surface area contributed by atoms with E-state index in [0.29, 0.717) is 11.5 Å². The van der Waals surface area contributed by atoms with E-state index in [4.69, 9.17) is 11.6 Å². The molecule has 5 nitrogen and oxygen atoms in total. The number of alkyl halides is 1. The minimum absolute atomic E-state index is 0.145. The Kier molecular flexibility index (Phi) is 6.27. The number of rotatable bonds is 5. The molecule has 88 valence electrons. The van der Waals surface area contributed by atoms with Gasteiger partial charge in [-0.05, 0) is 12.3 Å². The third-order valence-corrected chi connectivity index (χ3v) is 2.06. The van der Waals surface area contributed by atoms with Crippen molar-refractivity contribution in [2.45, 2.75) is 26.3 Å².